The molecule has 1 heterocycles. The second-order valence-electron chi connectivity index (χ2n) is 7.52. The highest BCUT2D eigenvalue weighted by Crippen LogP contribution is 2.33. The zero-order valence-corrected chi connectivity index (χ0v) is 19.4. The average molecular weight is 446 g/mol. The molecule has 0 atom stereocenters. The minimum atomic E-state index is -3.78. The second kappa shape index (κ2) is 9.07. The predicted molar refractivity (Wildman–Crippen MR) is 117 cm³/mol. The van der Waals surface area contributed by atoms with Crippen molar-refractivity contribution in [2.75, 3.05) is 21.3 Å². The average Bonchev–Trinajstić information content (AvgIpc) is 3.21. The Morgan fingerprint density at radius 1 is 1.10 bits per heavy atom. The lowest BCUT2D eigenvalue weighted by Crippen LogP contribution is -2.27. The van der Waals surface area contributed by atoms with Gasteiger partial charge in [0, 0.05) is 12.6 Å². The zero-order chi connectivity index (χ0) is 22.8. The molecule has 1 aromatic heterocycles. The van der Waals surface area contributed by atoms with Crippen molar-refractivity contribution < 1.29 is 22.4 Å². The van der Waals surface area contributed by atoms with Gasteiger partial charge in [0.05, 0.1) is 25.7 Å². The van der Waals surface area contributed by atoms with Gasteiger partial charge >= 0.3 is 0 Å². The first-order valence-electron chi connectivity index (χ1n) is 9.79. The maximum absolute atomic E-state index is 13.3. The molecule has 3 rings (SSSR count). The van der Waals surface area contributed by atoms with Gasteiger partial charge in [-0.1, -0.05) is 19.0 Å². The van der Waals surface area contributed by atoms with Crippen molar-refractivity contribution in [3.8, 4) is 22.9 Å². The van der Waals surface area contributed by atoms with E-state index in [1.807, 2.05) is 26.0 Å². The van der Waals surface area contributed by atoms with Crippen LogP contribution in [-0.2, 0) is 16.6 Å². The molecule has 0 radical (unpaired) electrons. The smallest absolute Gasteiger partial charge is 0.243 e. The van der Waals surface area contributed by atoms with Crippen LogP contribution in [0.15, 0.2) is 45.8 Å². The SMILES string of the molecule is COc1ccc(-c2noc(CN(C)S(=O)(=O)c3cc(C(C)C)c(OC)cc3C)n2)cc1. The molecule has 0 bridgehead atoms. The Morgan fingerprint density at radius 2 is 1.77 bits per heavy atom. The Hall–Kier alpha value is -2.91. The number of aromatic nitrogens is 2. The molecule has 9 heteroatoms. The van der Waals surface area contributed by atoms with Crippen molar-refractivity contribution in [2.45, 2.75) is 38.1 Å². The molecule has 0 N–H and O–H groups in total. The minimum absolute atomic E-state index is 0.0476. The monoisotopic (exact) mass is 445 g/mol. The molecule has 0 fully saturated rings. The van der Waals surface area contributed by atoms with Crippen LogP contribution in [-0.4, -0.2) is 44.1 Å². The second-order valence-corrected chi connectivity index (χ2v) is 9.53. The summed E-state index contributed by atoms with van der Waals surface area (Å²) in [6.07, 6.45) is 0. The third-order valence-electron chi connectivity index (χ3n) is 5.01. The lowest BCUT2D eigenvalue weighted by atomic mass is 10.0. The number of methoxy groups -OCH3 is 2. The van der Waals surface area contributed by atoms with Crippen LogP contribution in [0.5, 0.6) is 11.5 Å². The predicted octanol–water partition coefficient (Wildman–Crippen LogP) is 4.01. The fraction of sp³-hybridized carbons (Fsp3) is 0.364. The van der Waals surface area contributed by atoms with Crippen molar-refractivity contribution in [3.63, 3.8) is 0 Å². The number of ether oxygens (including phenoxy) is 2. The maximum atomic E-state index is 13.3. The van der Waals surface area contributed by atoms with Crippen molar-refractivity contribution >= 4 is 10.0 Å². The van der Waals surface area contributed by atoms with Crippen LogP contribution in [0.25, 0.3) is 11.4 Å². The van der Waals surface area contributed by atoms with Crippen LogP contribution in [0.2, 0.25) is 0 Å². The normalized spacial score (nSPS) is 11.9. The van der Waals surface area contributed by atoms with E-state index in [0.717, 1.165) is 11.1 Å². The molecule has 0 saturated heterocycles. The summed E-state index contributed by atoms with van der Waals surface area (Å²) in [7, 11) is 0.882. The van der Waals surface area contributed by atoms with E-state index in [1.54, 1.807) is 45.4 Å². The summed E-state index contributed by atoms with van der Waals surface area (Å²) in [5, 5.41) is 3.96. The Labute approximate surface area is 182 Å². The van der Waals surface area contributed by atoms with Gasteiger partial charge in [-0.15, -0.1) is 0 Å². The van der Waals surface area contributed by atoms with Gasteiger partial charge in [0.2, 0.25) is 21.7 Å². The number of hydrogen-bond donors (Lipinski definition) is 0. The summed E-state index contributed by atoms with van der Waals surface area (Å²) in [5.74, 6) is 2.08. The fourth-order valence-corrected chi connectivity index (χ4v) is 4.56. The minimum Gasteiger partial charge on any atom is -0.497 e. The maximum Gasteiger partial charge on any atom is 0.243 e. The third-order valence-corrected chi connectivity index (χ3v) is 6.96. The number of rotatable bonds is 8. The molecule has 0 amide bonds. The van der Waals surface area contributed by atoms with E-state index >= 15 is 0 Å². The first-order chi connectivity index (χ1) is 14.7. The third kappa shape index (κ3) is 4.72. The van der Waals surface area contributed by atoms with E-state index in [2.05, 4.69) is 10.1 Å². The Balaban J connectivity index is 1.85. The molecule has 3 aromatic rings. The molecule has 2 aromatic carbocycles. The van der Waals surface area contributed by atoms with Crippen LogP contribution in [0.4, 0.5) is 0 Å². The first-order valence-corrected chi connectivity index (χ1v) is 11.2. The summed E-state index contributed by atoms with van der Waals surface area (Å²) < 4.78 is 43.6. The molecule has 0 aliphatic carbocycles. The van der Waals surface area contributed by atoms with Gasteiger partial charge < -0.3 is 14.0 Å². The van der Waals surface area contributed by atoms with Gasteiger partial charge in [-0.05, 0) is 60.4 Å². The molecule has 0 aliphatic heterocycles. The van der Waals surface area contributed by atoms with E-state index in [9.17, 15) is 8.42 Å². The quantitative estimate of drug-likeness (QED) is 0.517. The molecule has 0 unspecified atom stereocenters. The first kappa shape index (κ1) is 22.8. The highest BCUT2D eigenvalue weighted by Gasteiger charge is 2.27. The molecular formula is C22H27N3O5S. The lowest BCUT2D eigenvalue weighted by molar-refractivity contribution is 0.336. The largest absolute Gasteiger partial charge is 0.497 e. The van der Waals surface area contributed by atoms with E-state index in [-0.39, 0.29) is 23.2 Å². The number of nitrogens with zero attached hydrogens (tertiary/aromatic N) is 3. The number of sulfonamides is 1. The zero-order valence-electron chi connectivity index (χ0n) is 18.5. The van der Waals surface area contributed by atoms with Gasteiger partial charge in [-0.25, -0.2) is 8.42 Å². The summed E-state index contributed by atoms with van der Waals surface area (Å²) in [4.78, 5) is 4.56. The number of benzene rings is 2. The van der Waals surface area contributed by atoms with Crippen LogP contribution >= 0.6 is 0 Å². The van der Waals surface area contributed by atoms with Crippen molar-refractivity contribution in [1.82, 2.24) is 14.4 Å². The molecule has 0 saturated carbocycles. The summed E-state index contributed by atoms with van der Waals surface area (Å²) in [5.41, 5.74) is 2.19. The molecule has 166 valence electrons. The van der Waals surface area contributed by atoms with E-state index < -0.39 is 10.0 Å². The molecule has 8 nitrogen and oxygen atoms in total. The van der Waals surface area contributed by atoms with E-state index in [1.165, 1.54) is 11.4 Å². The van der Waals surface area contributed by atoms with Crippen molar-refractivity contribution in [1.29, 1.82) is 0 Å². The Bertz CT molecular complexity index is 1150. The van der Waals surface area contributed by atoms with E-state index in [4.69, 9.17) is 14.0 Å². The fourth-order valence-electron chi connectivity index (χ4n) is 3.20. The van der Waals surface area contributed by atoms with Crippen LogP contribution in [0.3, 0.4) is 0 Å². The van der Waals surface area contributed by atoms with Crippen LogP contribution < -0.4 is 9.47 Å². The van der Waals surface area contributed by atoms with Gasteiger partial charge in [-0.2, -0.15) is 9.29 Å². The summed E-state index contributed by atoms with van der Waals surface area (Å²) in [6, 6.07) is 10.6. The molecular weight excluding hydrogens is 418 g/mol. The topological polar surface area (TPSA) is 94.8 Å². The Kier molecular flexibility index (Phi) is 6.66. The highest BCUT2D eigenvalue weighted by molar-refractivity contribution is 7.89. The van der Waals surface area contributed by atoms with Gasteiger partial charge in [-0.3, -0.25) is 0 Å². The van der Waals surface area contributed by atoms with Crippen LogP contribution in [0, 0.1) is 6.92 Å². The van der Waals surface area contributed by atoms with E-state index in [0.29, 0.717) is 22.9 Å². The van der Waals surface area contributed by atoms with Crippen molar-refractivity contribution in [2.24, 2.45) is 0 Å². The number of hydrogen-bond acceptors (Lipinski definition) is 7. The molecule has 0 spiro atoms. The van der Waals surface area contributed by atoms with Gasteiger partial charge in [0.1, 0.15) is 11.5 Å². The summed E-state index contributed by atoms with van der Waals surface area (Å²) in [6.45, 7) is 5.69. The Morgan fingerprint density at radius 3 is 2.35 bits per heavy atom. The highest BCUT2D eigenvalue weighted by atomic mass is 32.2. The van der Waals surface area contributed by atoms with Crippen LogP contribution in [0.1, 0.15) is 36.8 Å². The standard InChI is InChI=1S/C22H27N3O5S/c1-14(2)18-12-20(15(3)11-19(18)29-6)31(26,27)25(4)13-21-23-22(24-30-21)16-7-9-17(28-5)10-8-16/h7-12,14H,13H2,1-6H3. The van der Waals surface area contributed by atoms with Crippen molar-refractivity contribution in [3.05, 3.63) is 53.4 Å². The lowest BCUT2D eigenvalue weighted by Gasteiger charge is -2.20. The van der Waals surface area contributed by atoms with Gasteiger partial charge in [0.15, 0.2) is 0 Å². The molecule has 0 aliphatic rings. The number of aryl methyl sites for hydroxylation is 1. The van der Waals surface area contributed by atoms with Gasteiger partial charge in [0.25, 0.3) is 0 Å². The molecule has 31 heavy (non-hydrogen) atoms. The summed E-state index contributed by atoms with van der Waals surface area (Å²) >= 11 is 0.